The second-order valence-corrected chi connectivity index (χ2v) is 11.3. The van der Waals surface area contributed by atoms with Crippen LogP contribution >= 0.6 is 0 Å². The van der Waals surface area contributed by atoms with Crippen LogP contribution in [0.5, 0.6) is 0 Å². The van der Waals surface area contributed by atoms with Gasteiger partial charge < -0.3 is 0 Å². The Morgan fingerprint density at radius 1 is 0.974 bits per heavy atom. The molecule has 0 heteroatoms. The third-order valence-electron chi connectivity index (χ3n) is 8.47. The molecule has 0 heterocycles. The summed E-state index contributed by atoms with van der Waals surface area (Å²) in [4.78, 5) is 0. The molecule has 3 aliphatic carbocycles. The lowest BCUT2D eigenvalue weighted by Crippen LogP contribution is -2.21. The number of hydrogen-bond donors (Lipinski definition) is 0. The molecule has 0 nitrogen and oxygen atoms in total. The zero-order valence-corrected chi connectivity index (χ0v) is 23.5. The van der Waals surface area contributed by atoms with Crippen molar-refractivity contribution in [1.82, 2.24) is 0 Å². The molecule has 0 saturated heterocycles. The zero-order valence-electron chi connectivity index (χ0n) is 23.5. The molecule has 1 saturated carbocycles. The summed E-state index contributed by atoms with van der Waals surface area (Å²) >= 11 is 0. The van der Waals surface area contributed by atoms with Crippen molar-refractivity contribution in [2.24, 2.45) is 5.92 Å². The molecule has 2 unspecified atom stereocenters. The van der Waals surface area contributed by atoms with E-state index in [9.17, 15) is 0 Å². The quantitative estimate of drug-likeness (QED) is 0.357. The highest BCUT2D eigenvalue weighted by atomic mass is 14.4. The molecule has 2 aromatic carbocycles. The molecule has 2 atom stereocenters. The number of fused-ring (bicyclic) bond motifs is 1. The van der Waals surface area contributed by atoms with E-state index in [2.05, 4.69) is 114 Å². The molecule has 192 valence electrons. The summed E-state index contributed by atoms with van der Waals surface area (Å²) in [6.45, 7) is 22.2. The first-order chi connectivity index (χ1) is 18.3. The fraction of sp³-hybridized carbons (Fsp3) is 0.263. The summed E-state index contributed by atoms with van der Waals surface area (Å²) in [6, 6.07) is 17.8. The summed E-state index contributed by atoms with van der Waals surface area (Å²) in [7, 11) is 0. The minimum atomic E-state index is 0.285. The topological polar surface area (TPSA) is 0 Å². The third kappa shape index (κ3) is 4.81. The van der Waals surface area contributed by atoms with Crippen LogP contribution in [-0.2, 0) is 0 Å². The molecule has 0 radical (unpaired) electrons. The Bertz CT molecular complexity index is 1480. The molecule has 38 heavy (non-hydrogen) atoms. The van der Waals surface area contributed by atoms with Gasteiger partial charge in [0.2, 0.25) is 0 Å². The lowest BCUT2D eigenvalue weighted by Gasteiger charge is -2.34. The number of rotatable bonds is 7. The fourth-order valence-electron chi connectivity index (χ4n) is 6.64. The van der Waals surface area contributed by atoms with E-state index in [4.69, 9.17) is 6.58 Å². The average molecular weight is 497 g/mol. The Balaban J connectivity index is 1.42. The average Bonchev–Trinajstić information content (AvgIpc) is 3.48. The van der Waals surface area contributed by atoms with E-state index in [1.165, 1.54) is 66.8 Å². The van der Waals surface area contributed by atoms with Gasteiger partial charge in [-0.25, -0.2) is 0 Å². The van der Waals surface area contributed by atoms with Crippen LogP contribution in [0.2, 0.25) is 0 Å². The molecule has 0 N–H and O–H groups in total. The van der Waals surface area contributed by atoms with Gasteiger partial charge in [-0.3, -0.25) is 0 Å². The van der Waals surface area contributed by atoms with E-state index in [0.29, 0.717) is 5.92 Å². The largest absolute Gasteiger partial charge is 0.0955 e. The second kappa shape index (κ2) is 10.6. The van der Waals surface area contributed by atoms with Gasteiger partial charge in [-0.2, -0.15) is 0 Å². The Kier molecular flexibility index (Phi) is 7.26. The van der Waals surface area contributed by atoms with E-state index in [-0.39, 0.29) is 5.92 Å². The SMILES string of the molecule is C=C(CCC)C1=C(C)C=C2CC(=CC3=CC=C(c4ccc(C)c(C(=C)C)c4)C3)C(=C)C2C1c1ccccc1. The Morgan fingerprint density at radius 3 is 2.45 bits per heavy atom. The summed E-state index contributed by atoms with van der Waals surface area (Å²) in [5, 5.41) is 0. The molecule has 2 aromatic rings. The van der Waals surface area contributed by atoms with Crippen LogP contribution < -0.4 is 0 Å². The van der Waals surface area contributed by atoms with Gasteiger partial charge in [0, 0.05) is 11.8 Å². The van der Waals surface area contributed by atoms with Crippen LogP contribution in [0.15, 0.2) is 132 Å². The predicted octanol–water partition coefficient (Wildman–Crippen LogP) is 10.6. The molecule has 0 aliphatic heterocycles. The van der Waals surface area contributed by atoms with E-state index >= 15 is 0 Å². The summed E-state index contributed by atoms with van der Waals surface area (Å²) in [6.07, 6.45) is 13.5. The maximum Gasteiger partial charge on any atom is 0.0201 e. The predicted molar refractivity (Wildman–Crippen MR) is 166 cm³/mol. The van der Waals surface area contributed by atoms with Crippen molar-refractivity contribution in [3.8, 4) is 0 Å². The summed E-state index contributed by atoms with van der Waals surface area (Å²) in [5.41, 5.74) is 17.3. The standard InChI is InChI=1S/C38H40/c1-8-12-26(5)36-27(6)19-34-22-33(28(7)37(34)38(36)30-13-10-9-11-14-30)21-29-16-18-31(20-29)32-17-15-25(4)35(23-32)24(2)3/h9-11,13-19,21,23,37-38H,2,5,7-8,12,20,22H2,1,3-4,6H3. The number of hydrogen-bond acceptors (Lipinski definition) is 0. The van der Waals surface area contributed by atoms with Crippen LogP contribution in [-0.4, -0.2) is 0 Å². The van der Waals surface area contributed by atoms with Crippen LogP contribution in [0.25, 0.3) is 11.1 Å². The third-order valence-corrected chi connectivity index (χ3v) is 8.47. The van der Waals surface area contributed by atoms with E-state index in [0.717, 1.165) is 31.3 Å². The molecule has 0 bridgehead atoms. The molecule has 0 amide bonds. The molecular weight excluding hydrogens is 456 g/mol. The van der Waals surface area contributed by atoms with Crippen molar-refractivity contribution < 1.29 is 0 Å². The van der Waals surface area contributed by atoms with Gasteiger partial charge in [-0.15, -0.1) is 0 Å². The van der Waals surface area contributed by atoms with E-state index < -0.39 is 0 Å². The van der Waals surface area contributed by atoms with Crippen molar-refractivity contribution in [2.75, 3.05) is 0 Å². The molecular formula is C38H40. The van der Waals surface area contributed by atoms with Crippen LogP contribution in [0.4, 0.5) is 0 Å². The first kappa shape index (κ1) is 26.0. The molecule has 5 rings (SSSR count). The monoisotopic (exact) mass is 496 g/mol. The van der Waals surface area contributed by atoms with Gasteiger partial charge in [0.1, 0.15) is 0 Å². The highest BCUT2D eigenvalue weighted by molar-refractivity contribution is 5.77. The van der Waals surface area contributed by atoms with Crippen LogP contribution in [0.1, 0.15) is 74.6 Å². The molecule has 0 aromatic heterocycles. The van der Waals surface area contributed by atoms with Gasteiger partial charge in [-0.05, 0) is 102 Å². The normalized spacial score (nSPS) is 21.8. The van der Waals surface area contributed by atoms with Crippen molar-refractivity contribution in [2.45, 2.75) is 59.3 Å². The molecule has 3 aliphatic rings. The van der Waals surface area contributed by atoms with Crippen molar-refractivity contribution in [1.29, 1.82) is 0 Å². The second-order valence-electron chi connectivity index (χ2n) is 11.3. The highest BCUT2D eigenvalue weighted by Gasteiger charge is 2.40. The van der Waals surface area contributed by atoms with Gasteiger partial charge in [0.25, 0.3) is 0 Å². The summed E-state index contributed by atoms with van der Waals surface area (Å²) < 4.78 is 0. The minimum absolute atomic E-state index is 0.285. The first-order valence-corrected chi connectivity index (χ1v) is 14.0. The summed E-state index contributed by atoms with van der Waals surface area (Å²) in [5.74, 6) is 0.591. The van der Waals surface area contributed by atoms with E-state index in [1.807, 2.05) is 0 Å². The van der Waals surface area contributed by atoms with Crippen LogP contribution in [0.3, 0.4) is 0 Å². The zero-order chi connectivity index (χ0) is 27.0. The van der Waals surface area contributed by atoms with Crippen molar-refractivity contribution >= 4 is 11.1 Å². The first-order valence-electron chi connectivity index (χ1n) is 14.0. The Labute approximate surface area is 229 Å². The lowest BCUT2D eigenvalue weighted by molar-refractivity contribution is 0.619. The smallest absolute Gasteiger partial charge is 0.0201 e. The minimum Gasteiger partial charge on any atom is -0.0955 e. The Hall–Kier alpha value is -3.64. The lowest BCUT2D eigenvalue weighted by atomic mass is 9.69. The number of benzene rings is 2. The van der Waals surface area contributed by atoms with E-state index in [1.54, 1.807) is 0 Å². The number of aryl methyl sites for hydroxylation is 1. The van der Waals surface area contributed by atoms with Gasteiger partial charge in [0.15, 0.2) is 0 Å². The highest BCUT2D eigenvalue weighted by Crippen LogP contribution is 2.55. The fourth-order valence-corrected chi connectivity index (χ4v) is 6.64. The van der Waals surface area contributed by atoms with Crippen molar-refractivity contribution in [3.05, 3.63) is 154 Å². The molecule has 0 spiro atoms. The maximum absolute atomic E-state index is 4.71. The number of allylic oxidation sites excluding steroid dienone is 13. The van der Waals surface area contributed by atoms with Gasteiger partial charge >= 0.3 is 0 Å². The maximum atomic E-state index is 4.71. The Morgan fingerprint density at radius 2 is 1.74 bits per heavy atom. The van der Waals surface area contributed by atoms with Gasteiger partial charge in [0.05, 0.1) is 0 Å². The molecule has 1 fully saturated rings. The van der Waals surface area contributed by atoms with Crippen LogP contribution in [0, 0.1) is 12.8 Å². The van der Waals surface area contributed by atoms with Gasteiger partial charge in [-0.1, -0.05) is 117 Å². The van der Waals surface area contributed by atoms with Crippen molar-refractivity contribution in [3.63, 3.8) is 0 Å².